The summed E-state index contributed by atoms with van der Waals surface area (Å²) >= 11 is 1.73. The second kappa shape index (κ2) is 6.67. The van der Waals surface area contributed by atoms with Crippen molar-refractivity contribution in [3.8, 4) is 5.88 Å². The van der Waals surface area contributed by atoms with Crippen LogP contribution in [0.3, 0.4) is 0 Å². The minimum atomic E-state index is 0.224. The van der Waals surface area contributed by atoms with E-state index < -0.39 is 0 Å². The van der Waals surface area contributed by atoms with Crippen LogP contribution in [0.15, 0.2) is 17.5 Å². The Morgan fingerprint density at radius 2 is 2.20 bits per heavy atom. The number of nitrogens with zero attached hydrogens (tertiary/aromatic N) is 2. The maximum absolute atomic E-state index is 5.80. The Labute approximate surface area is 123 Å². The first-order valence-electron chi connectivity index (χ1n) is 6.62. The zero-order chi connectivity index (χ0) is 14.5. The third kappa shape index (κ3) is 3.46. The van der Waals surface area contributed by atoms with Crippen molar-refractivity contribution in [1.29, 1.82) is 0 Å². The van der Waals surface area contributed by atoms with E-state index in [4.69, 9.17) is 10.6 Å². The minimum Gasteiger partial charge on any atom is -0.477 e. The lowest BCUT2D eigenvalue weighted by Crippen LogP contribution is -2.15. The molecule has 20 heavy (non-hydrogen) atoms. The average molecular weight is 292 g/mol. The second-order valence-electron chi connectivity index (χ2n) is 4.84. The van der Waals surface area contributed by atoms with Crippen molar-refractivity contribution in [3.05, 3.63) is 33.8 Å². The van der Waals surface area contributed by atoms with E-state index >= 15 is 0 Å². The Balaban J connectivity index is 2.11. The molecule has 0 saturated heterocycles. The van der Waals surface area contributed by atoms with Gasteiger partial charge < -0.3 is 10.2 Å². The van der Waals surface area contributed by atoms with E-state index in [-0.39, 0.29) is 5.92 Å². The van der Waals surface area contributed by atoms with Crippen molar-refractivity contribution < 1.29 is 4.74 Å². The largest absolute Gasteiger partial charge is 0.477 e. The van der Waals surface area contributed by atoms with Gasteiger partial charge in [0.1, 0.15) is 11.6 Å². The van der Waals surface area contributed by atoms with Gasteiger partial charge in [-0.3, -0.25) is 0 Å². The summed E-state index contributed by atoms with van der Waals surface area (Å²) in [7, 11) is 0. The Hall–Kier alpha value is -1.66. The normalized spacial score (nSPS) is 10.8. The van der Waals surface area contributed by atoms with Crippen LogP contribution in [0.2, 0.25) is 0 Å². The molecule has 0 spiro atoms. The van der Waals surface area contributed by atoms with Gasteiger partial charge in [-0.2, -0.15) is 4.98 Å². The predicted octanol–water partition coefficient (Wildman–Crippen LogP) is 2.88. The van der Waals surface area contributed by atoms with Crippen LogP contribution in [0.4, 0.5) is 5.82 Å². The van der Waals surface area contributed by atoms with Crippen LogP contribution in [-0.4, -0.2) is 16.6 Å². The van der Waals surface area contributed by atoms with Gasteiger partial charge >= 0.3 is 0 Å². The number of hydrogen-bond acceptors (Lipinski definition) is 6. The van der Waals surface area contributed by atoms with E-state index in [1.807, 2.05) is 26.8 Å². The van der Waals surface area contributed by atoms with Crippen LogP contribution in [0.1, 0.15) is 36.0 Å². The van der Waals surface area contributed by atoms with Crippen molar-refractivity contribution in [2.24, 2.45) is 5.84 Å². The molecular formula is C14H20N4OS. The number of anilines is 1. The zero-order valence-electron chi connectivity index (χ0n) is 12.0. The molecule has 0 aliphatic rings. The number of aromatic nitrogens is 2. The summed E-state index contributed by atoms with van der Waals surface area (Å²) in [6.07, 6.45) is 0.878. The Kier molecular flexibility index (Phi) is 4.92. The highest BCUT2D eigenvalue weighted by Gasteiger charge is 2.13. The van der Waals surface area contributed by atoms with Crippen molar-refractivity contribution >= 4 is 17.2 Å². The van der Waals surface area contributed by atoms with Gasteiger partial charge in [0.25, 0.3) is 0 Å². The number of hydrazine groups is 1. The van der Waals surface area contributed by atoms with Crippen LogP contribution in [0, 0.1) is 6.92 Å². The van der Waals surface area contributed by atoms with E-state index in [2.05, 4.69) is 26.8 Å². The highest BCUT2D eigenvalue weighted by Crippen LogP contribution is 2.24. The Morgan fingerprint density at radius 3 is 2.80 bits per heavy atom. The lowest BCUT2D eigenvalue weighted by molar-refractivity contribution is 0.306. The number of ether oxygens (including phenoxy) is 1. The fraction of sp³-hybridized carbons (Fsp3) is 0.429. The molecule has 0 saturated carbocycles. The first kappa shape index (κ1) is 14.7. The monoisotopic (exact) mass is 292 g/mol. The summed E-state index contributed by atoms with van der Waals surface area (Å²) in [5.41, 5.74) is 3.44. The van der Waals surface area contributed by atoms with Crippen LogP contribution < -0.4 is 16.0 Å². The number of hydrogen-bond donors (Lipinski definition) is 2. The molecule has 0 atom stereocenters. The van der Waals surface area contributed by atoms with Gasteiger partial charge in [0.2, 0.25) is 5.88 Å². The fourth-order valence-corrected chi connectivity index (χ4v) is 2.45. The molecule has 5 nitrogen and oxygen atoms in total. The van der Waals surface area contributed by atoms with Gasteiger partial charge in [-0.05, 0) is 18.4 Å². The molecule has 0 amide bonds. The maximum atomic E-state index is 5.80. The fourth-order valence-electron chi connectivity index (χ4n) is 1.75. The second-order valence-corrected chi connectivity index (χ2v) is 5.87. The zero-order valence-corrected chi connectivity index (χ0v) is 12.8. The molecule has 2 aromatic heterocycles. The van der Waals surface area contributed by atoms with Crippen molar-refractivity contribution in [2.45, 2.75) is 33.1 Å². The van der Waals surface area contributed by atoms with Gasteiger partial charge in [-0.25, -0.2) is 10.8 Å². The summed E-state index contributed by atoms with van der Waals surface area (Å²) in [5, 5.41) is 2.07. The molecular weight excluding hydrogens is 272 g/mol. The lowest BCUT2D eigenvalue weighted by atomic mass is 10.2. The first-order valence-corrected chi connectivity index (χ1v) is 7.50. The topological polar surface area (TPSA) is 73.1 Å². The van der Waals surface area contributed by atoms with Crippen LogP contribution in [0.25, 0.3) is 0 Å². The van der Waals surface area contributed by atoms with Gasteiger partial charge in [0.15, 0.2) is 0 Å². The summed E-state index contributed by atoms with van der Waals surface area (Å²) in [4.78, 5) is 10.2. The van der Waals surface area contributed by atoms with Gasteiger partial charge in [-0.15, -0.1) is 11.3 Å². The van der Waals surface area contributed by atoms with E-state index in [9.17, 15) is 0 Å². The quantitative estimate of drug-likeness (QED) is 0.632. The van der Waals surface area contributed by atoms with Gasteiger partial charge in [0, 0.05) is 17.2 Å². The summed E-state index contributed by atoms with van der Waals surface area (Å²) in [6.45, 7) is 6.58. The number of rotatable bonds is 6. The first-order chi connectivity index (χ1) is 9.61. The van der Waals surface area contributed by atoms with Crippen LogP contribution >= 0.6 is 11.3 Å². The minimum absolute atomic E-state index is 0.224. The summed E-state index contributed by atoms with van der Waals surface area (Å²) < 4.78 is 5.80. The molecule has 2 rings (SSSR count). The van der Waals surface area contributed by atoms with Crippen LogP contribution in [0.5, 0.6) is 5.88 Å². The van der Waals surface area contributed by atoms with Gasteiger partial charge in [0.05, 0.1) is 12.2 Å². The van der Waals surface area contributed by atoms with E-state index in [1.54, 1.807) is 11.3 Å². The predicted molar refractivity (Wildman–Crippen MR) is 82.2 cm³/mol. The molecule has 0 fully saturated rings. The molecule has 0 aliphatic heterocycles. The van der Waals surface area contributed by atoms with E-state index in [0.29, 0.717) is 18.3 Å². The number of nitrogen functional groups attached to an aromatic ring is 1. The van der Waals surface area contributed by atoms with E-state index in [1.165, 1.54) is 4.88 Å². The lowest BCUT2D eigenvalue weighted by Gasteiger charge is -2.14. The van der Waals surface area contributed by atoms with Crippen molar-refractivity contribution in [3.63, 3.8) is 0 Å². The third-order valence-electron chi connectivity index (χ3n) is 2.94. The standard InChI is InChI=1S/C14H20N4OS/c1-9(2)12-16-13(18-15)10(3)14(17-12)19-7-6-11-5-4-8-20-11/h4-5,8-9H,6-7,15H2,1-3H3,(H,16,17,18). The van der Waals surface area contributed by atoms with Gasteiger partial charge in [-0.1, -0.05) is 19.9 Å². The molecule has 0 aliphatic carbocycles. The third-order valence-corrected chi connectivity index (χ3v) is 3.88. The molecule has 6 heteroatoms. The smallest absolute Gasteiger partial charge is 0.221 e. The van der Waals surface area contributed by atoms with E-state index in [0.717, 1.165) is 17.8 Å². The molecule has 0 aromatic carbocycles. The highest BCUT2D eigenvalue weighted by molar-refractivity contribution is 7.09. The summed E-state index contributed by atoms with van der Waals surface area (Å²) in [6, 6.07) is 4.15. The molecule has 0 unspecified atom stereocenters. The molecule has 3 N–H and O–H groups in total. The number of thiophene rings is 1. The molecule has 0 bridgehead atoms. The average Bonchev–Trinajstić information content (AvgIpc) is 2.93. The molecule has 2 aromatic rings. The summed E-state index contributed by atoms with van der Waals surface area (Å²) in [5.74, 6) is 7.68. The SMILES string of the molecule is Cc1c(NN)nc(C(C)C)nc1OCCc1cccs1. The highest BCUT2D eigenvalue weighted by atomic mass is 32.1. The molecule has 2 heterocycles. The number of nitrogens with one attached hydrogen (secondary N) is 1. The molecule has 0 radical (unpaired) electrons. The van der Waals surface area contributed by atoms with Crippen LogP contribution in [-0.2, 0) is 6.42 Å². The molecule has 108 valence electrons. The Bertz CT molecular complexity index is 555. The Morgan fingerprint density at radius 1 is 1.40 bits per heavy atom. The maximum Gasteiger partial charge on any atom is 0.221 e. The van der Waals surface area contributed by atoms with Crippen molar-refractivity contribution in [2.75, 3.05) is 12.0 Å². The van der Waals surface area contributed by atoms with Crippen molar-refractivity contribution in [1.82, 2.24) is 9.97 Å². The number of nitrogens with two attached hydrogens (primary N) is 1.